The summed E-state index contributed by atoms with van der Waals surface area (Å²) in [4.78, 5) is 12.8. The molecule has 0 aliphatic carbocycles. The summed E-state index contributed by atoms with van der Waals surface area (Å²) < 4.78 is 14.0. The third-order valence-corrected chi connectivity index (χ3v) is 4.86. The second-order valence-electron chi connectivity index (χ2n) is 4.97. The SMILES string of the molecule is Nc1cc2ccc(Cl)cc2c(Br)c1C(=O)c1cc(F)ccc1Cl. The van der Waals surface area contributed by atoms with Gasteiger partial charge in [-0.3, -0.25) is 4.79 Å². The Morgan fingerprint density at radius 1 is 1.09 bits per heavy atom. The number of rotatable bonds is 2. The largest absolute Gasteiger partial charge is 0.398 e. The predicted molar refractivity (Wildman–Crippen MR) is 95.9 cm³/mol. The van der Waals surface area contributed by atoms with Crippen LogP contribution in [0.5, 0.6) is 0 Å². The molecule has 0 spiro atoms. The minimum atomic E-state index is -0.545. The second-order valence-corrected chi connectivity index (χ2v) is 6.61. The number of carbonyl (C=O) groups is 1. The summed E-state index contributed by atoms with van der Waals surface area (Å²) in [5.41, 5.74) is 6.59. The molecule has 0 saturated carbocycles. The fourth-order valence-electron chi connectivity index (χ4n) is 2.38. The van der Waals surface area contributed by atoms with Crippen molar-refractivity contribution < 1.29 is 9.18 Å². The molecule has 0 radical (unpaired) electrons. The van der Waals surface area contributed by atoms with E-state index in [1.165, 1.54) is 12.1 Å². The van der Waals surface area contributed by atoms with E-state index in [9.17, 15) is 9.18 Å². The third kappa shape index (κ3) is 2.94. The predicted octanol–water partition coefficient (Wildman–Crippen LogP) is 5.86. The molecule has 3 rings (SSSR count). The number of nitrogens with two attached hydrogens (primary N) is 1. The lowest BCUT2D eigenvalue weighted by Crippen LogP contribution is -2.08. The molecular formula is C17H9BrCl2FNO. The van der Waals surface area contributed by atoms with Gasteiger partial charge in [0.25, 0.3) is 0 Å². The van der Waals surface area contributed by atoms with Crippen molar-refractivity contribution in [1.82, 2.24) is 0 Å². The van der Waals surface area contributed by atoms with Crippen molar-refractivity contribution in [2.24, 2.45) is 0 Å². The first-order valence-corrected chi connectivity index (χ1v) is 8.10. The molecule has 0 fully saturated rings. The van der Waals surface area contributed by atoms with Crippen LogP contribution < -0.4 is 5.73 Å². The zero-order valence-electron chi connectivity index (χ0n) is 11.5. The molecule has 3 aromatic rings. The van der Waals surface area contributed by atoms with Crippen molar-refractivity contribution in [3.8, 4) is 0 Å². The first kappa shape index (κ1) is 16.2. The van der Waals surface area contributed by atoms with Gasteiger partial charge >= 0.3 is 0 Å². The highest BCUT2D eigenvalue weighted by atomic mass is 79.9. The van der Waals surface area contributed by atoms with E-state index >= 15 is 0 Å². The molecule has 3 aromatic carbocycles. The van der Waals surface area contributed by atoms with Crippen LogP contribution in [-0.4, -0.2) is 5.78 Å². The molecule has 0 aromatic heterocycles. The average molecular weight is 413 g/mol. The number of fused-ring (bicyclic) bond motifs is 1. The van der Waals surface area contributed by atoms with Gasteiger partial charge in [-0.1, -0.05) is 29.3 Å². The highest BCUT2D eigenvalue weighted by Gasteiger charge is 2.21. The lowest BCUT2D eigenvalue weighted by atomic mass is 9.98. The van der Waals surface area contributed by atoms with E-state index in [1.807, 2.05) is 6.07 Å². The Labute approximate surface area is 150 Å². The van der Waals surface area contributed by atoms with Gasteiger partial charge in [-0.05, 0) is 63.1 Å². The maximum atomic E-state index is 13.5. The van der Waals surface area contributed by atoms with E-state index in [4.69, 9.17) is 28.9 Å². The fourth-order valence-corrected chi connectivity index (χ4v) is 3.51. The third-order valence-electron chi connectivity index (χ3n) is 3.47. The van der Waals surface area contributed by atoms with E-state index in [1.54, 1.807) is 18.2 Å². The summed E-state index contributed by atoms with van der Waals surface area (Å²) in [6.45, 7) is 0. The topological polar surface area (TPSA) is 43.1 Å². The summed E-state index contributed by atoms with van der Waals surface area (Å²) >= 11 is 15.5. The van der Waals surface area contributed by atoms with Gasteiger partial charge in [-0.2, -0.15) is 0 Å². The molecule has 0 saturated heterocycles. The number of anilines is 1. The molecule has 6 heteroatoms. The Morgan fingerprint density at radius 2 is 1.83 bits per heavy atom. The molecule has 2 N–H and O–H groups in total. The number of hydrogen-bond donors (Lipinski definition) is 1. The fraction of sp³-hybridized carbons (Fsp3) is 0. The van der Waals surface area contributed by atoms with Crippen molar-refractivity contribution >= 4 is 61.4 Å². The lowest BCUT2D eigenvalue weighted by molar-refractivity contribution is 0.103. The first-order valence-electron chi connectivity index (χ1n) is 6.55. The maximum Gasteiger partial charge on any atom is 0.197 e. The van der Waals surface area contributed by atoms with E-state index < -0.39 is 11.6 Å². The van der Waals surface area contributed by atoms with Gasteiger partial charge in [0, 0.05) is 20.7 Å². The number of benzene rings is 3. The van der Waals surface area contributed by atoms with Crippen LogP contribution in [0.25, 0.3) is 10.8 Å². The van der Waals surface area contributed by atoms with E-state index in [-0.39, 0.29) is 21.8 Å². The summed E-state index contributed by atoms with van der Waals surface area (Å²) in [7, 11) is 0. The van der Waals surface area contributed by atoms with E-state index in [0.29, 0.717) is 9.50 Å². The quantitative estimate of drug-likeness (QED) is 0.423. The molecule has 2 nitrogen and oxygen atoms in total. The minimum Gasteiger partial charge on any atom is -0.398 e. The Hall–Kier alpha value is -1.62. The Bertz CT molecular complexity index is 959. The summed E-state index contributed by atoms with van der Waals surface area (Å²) in [6.07, 6.45) is 0. The zero-order valence-corrected chi connectivity index (χ0v) is 14.6. The van der Waals surface area contributed by atoms with Crippen molar-refractivity contribution in [3.63, 3.8) is 0 Å². The maximum absolute atomic E-state index is 13.5. The number of ketones is 1. The summed E-state index contributed by atoms with van der Waals surface area (Å²) in [5.74, 6) is -1.00. The van der Waals surface area contributed by atoms with Gasteiger partial charge in [-0.25, -0.2) is 4.39 Å². The molecule has 0 amide bonds. The summed E-state index contributed by atoms with van der Waals surface area (Å²) in [5, 5.41) is 2.27. The lowest BCUT2D eigenvalue weighted by Gasteiger charge is -2.12. The molecule has 0 bridgehead atoms. The molecule has 0 heterocycles. The molecule has 23 heavy (non-hydrogen) atoms. The molecular weight excluding hydrogens is 404 g/mol. The van der Waals surface area contributed by atoms with Crippen molar-refractivity contribution in [1.29, 1.82) is 0 Å². The molecule has 0 unspecified atom stereocenters. The van der Waals surface area contributed by atoms with Crippen molar-refractivity contribution in [2.75, 3.05) is 5.73 Å². The van der Waals surface area contributed by atoms with Crippen LogP contribution in [0.2, 0.25) is 10.0 Å². The van der Waals surface area contributed by atoms with E-state index in [2.05, 4.69) is 15.9 Å². The monoisotopic (exact) mass is 411 g/mol. The highest BCUT2D eigenvalue weighted by Crippen LogP contribution is 2.36. The zero-order chi connectivity index (χ0) is 16.7. The van der Waals surface area contributed by atoms with Gasteiger partial charge in [0.15, 0.2) is 5.78 Å². The number of carbonyl (C=O) groups excluding carboxylic acids is 1. The van der Waals surface area contributed by atoms with Crippen LogP contribution in [0.3, 0.4) is 0 Å². The number of halogens is 4. The van der Waals surface area contributed by atoms with Gasteiger partial charge < -0.3 is 5.73 Å². The normalized spacial score (nSPS) is 11.0. The minimum absolute atomic E-state index is 0.0560. The van der Waals surface area contributed by atoms with Crippen molar-refractivity contribution in [2.45, 2.75) is 0 Å². The van der Waals surface area contributed by atoms with Gasteiger partial charge in [0.05, 0.1) is 10.6 Å². The average Bonchev–Trinajstić information content (AvgIpc) is 2.50. The smallest absolute Gasteiger partial charge is 0.197 e. The number of hydrogen-bond acceptors (Lipinski definition) is 2. The second kappa shape index (κ2) is 6.11. The van der Waals surface area contributed by atoms with Crippen molar-refractivity contribution in [3.05, 3.63) is 73.9 Å². The van der Waals surface area contributed by atoms with Crippen LogP contribution in [-0.2, 0) is 0 Å². The van der Waals surface area contributed by atoms with Gasteiger partial charge in [-0.15, -0.1) is 0 Å². The van der Waals surface area contributed by atoms with Crippen LogP contribution in [0.15, 0.2) is 46.9 Å². The van der Waals surface area contributed by atoms with Gasteiger partial charge in [0.1, 0.15) is 5.82 Å². The highest BCUT2D eigenvalue weighted by molar-refractivity contribution is 9.10. The number of nitrogen functional groups attached to an aromatic ring is 1. The van der Waals surface area contributed by atoms with Crippen LogP contribution >= 0.6 is 39.1 Å². The summed E-state index contributed by atoms with van der Waals surface area (Å²) in [6, 6.07) is 10.6. The Kier molecular flexibility index (Phi) is 4.32. The molecule has 0 aliphatic rings. The Balaban J connectivity index is 2.27. The van der Waals surface area contributed by atoms with E-state index in [0.717, 1.165) is 16.8 Å². The molecule has 0 atom stereocenters. The van der Waals surface area contributed by atoms with Gasteiger partial charge in [0.2, 0.25) is 0 Å². The van der Waals surface area contributed by atoms with Crippen LogP contribution in [0.1, 0.15) is 15.9 Å². The van der Waals surface area contributed by atoms with Crippen LogP contribution in [0.4, 0.5) is 10.1 Å². The Morgan fingerprint density at radius 3 is 2.57 bits per heavy atom. The van der Waals surface area contributed by atoms with Crippen LogP contribution in [0, 0.1) is 5.82 Å². The first-order chi connectivity index (χ1) is 10.9. The molecule has 116 valence electrons. The standard InChI is InChI=1S/C17H9BrCl2FNO/c18-16-11-6-9(19)2-1-8(11)5-14(22)15(16)17(23)12-7-10(21)3-4-13(12)20/h1-7H,22H2. The molecule has 0 aliphatic heterocycles.